The molecule has 0 bridgehead atoms. The first-order chi connectivity index (χ1) is 5.84. The second kappa shape index (κ2) is 3.31. The summed E-state index contributed by atoms with van der Waals surface area (Å²) in [5, 5.41) is 1.29. The highest BCUT2D eigenvalue weighted by atomic mass is 32.3. The highest BCUT2D eigenvalue weighted by molar-refractivity contribution is 8.30. The van der Waals surface area contributed by atoms with E-state index in [1.54, 1.807) is 11.5 Å². The van der Waals surface area contributed by atoms with Crippen LogP contribution in [0.1, 0.15) is 12.8 Å². The lowest BCUT2D eigenvalue weighted by atomic mass is 10.4. The summed E-state index contributed by atoms with van der Waals surface area (Å²) in [6.45, 7) is 0. The van der Waals surface area contributed by atoms with Gasteiger partial charge in [-0.05, 0) is 18.8 Å². The van der Waals surface area contributed by atoms with E-state index >= 15 is 0 Å². The first-order valence-corrected chi connectivity index (χ1v) is 6.93. The van der Waals surface area contributed by atoms with Crippen LogP contribution in [-0.2, 0) is 9.59 Å². The summed E-state index contributed by atoms with van der Waals surface area (Å²) in [4.78, 5) is 22.7. The Labute approximate surface area is 80.3 Å². The van der Waals surface area contributed by atoms with E-state index < -0.39 is 10.2 Å². The van der Waals surface area contributed by atoms with Crippen molar-refractivity contribution in [3.8, 4) is 0 Å². The lowest BCUT2D eigenvalue weighted by molar-refractivity contribution is -0.147. The minimum atomic E-state index is -1.03. The highest BCUT2D eigenvalue weighted by Crippen LogP contribution is 2.40. The van der Waals surface area contributed by atoms with E-state index in [9.17, 15) is 9.59 Å². The molecular formula is C8H16N2O2S. The van der Waals surface area contributed by atoms with Gasteiger partial charge in [-0.2, -0.15) is 14.6 Å². The number of rotatable bonds is 2. The van der Waals surface area contributed by atoms with Crippen LogP contribution in [-0.4, -0.2) is 47.1 Å². The zero-order valence-corrected chi connectivity index (χ0v) is 9.35. The highest BCUT2D eigenvalue weighted by Gasteiger charge is 2.35. The van der Waals surface area contributed by atoms with Gasteiger partial charge >= 0.3 is 0 Å². The first kappa shape index (κ1) is 10.5. The Morgan fingerprint density at radius 3 is 1.85 bits per heavy atom. The van der Waals surface area contributed by atoms with Crippen molar-refractivity contribution in [3.63, 3.8) is 0 Å². The second-order valence-corrected chi connectivity index (χ2v) is 7.91. The summed E-state index contributed by atoms with van der Waals surface area (Å²) in [5.41, 5.74) is 0. The van der Waals surface area contributed by atoms with Crippen LogP contribution in [0.25, 0.3) is 0 Å². The van der Waals surface area contributed by atoms with Gasteiger partial charge in [0.25, 0.3) is 0 Å². The van der Waals surface area contributed by atoms with Crippen molar-refractivity contribution in [1.29, 1.82) is 0 Å². The molecule has 76 valence electrons. The summed E-state index contributed by atoms with van der Waals surface area (Å²) in [7, 11) is 0.768. The molecule has 0 spiro atoms. The molecule has 0 aliphatic carbocycles. The Morgan fingerprint density at radius 1 is 1.15 bits per heavy atom. The lowest BCUT2D eigenvalue weighted by Gasteiger charge is -2.41. The topological polar surface area (TPSA) is 40.6 Å². The van der Waals surface area contributed by atoms with Crippen LogP contribution in [0.5, 0.6) is 0 Å². The Bertz CT molecular complexity index is 231. The molecular weight excluding hydrogens is 188 g/mol. The summed E-state index contributed by atoms with van der Waals surface area (Å²) < 4.78 is 1.78. The molecule has 0 aromatic rings. The average Bonchev–Trinajstić information content (AvgIpc) is 2.28. The van der Waals surface area contributed by atoms with Gasteiger partial charge in [-0.15, -0.1) is 0 Å². The van der Waals surface area contributed by atoms with E-state index in [1.165, 1.54) is 5.01 Å². The third-order valence-corrected chi connectivity index (χ3v) is 3.85. The van der Waals surface area contributed by atoms with Gasteiger partial charge < -0.3 is 0 Å². The summed E-state index contributed by atoms with van der Waals surface area (Å²) in [6.07, 6.45) is 6.86. The minimum absolute atomic E-state index is 0.0741. The van der Waals surface area contributed by atoms with Crippen LogP contribution in [0.2, 0.25) is 0 Å². The van der Waals surface area contributed by atoms with Gasteiger partial charge in [0.1, 0.15) is 0 Å². The molecule has 1 saturated heterocycles. The van der Waals surface area contributed by atoms with Gasteiger partial charge in [0.05, 0.1) is 0 Å². The molecule has 1 aliphatic rings. The average molecular weight is 204 g/mol. The number of nitrogens with zero attached hydrogens (tertiary/aromatic N) is 2. The van der Waals surface area contributed by atoms with Crippen molar-refractivity contribution < 1.29 is 9.59 Å². The monoisotopic (exact) mass is 204 g/mol. The number of hydrazine groups is 1. The molecule has 1 heterocycles. The molecule has 1 aliphatic heterocycles. The van der Waals surface area contributed by atoms with Gasteiger partial charge in [0.2, 0.25) is 11.8 Å². The Morgan fingerprint density at radius 2 is 1.54 bits per heavy atom. The van der Waals surface area contributed by atoms with Gasteiger partial charge in [0, 0.05) is 19.9 Å². The maximum atomic E-state index is 11.3. The fourth-order valence-electron chi connectivity index (χ4n) is 1.12. The molecule has 0 aromatic carbocycles. The quantitative estimate of drug-likeness (QED) is 0.618. The molecule has 0 radical (unpaired) electrons. The van der Waals surface area contributed by atoms with E-state index in [2.05, 4.69) is 0 Å². The van der Waals surface area contributed by atoms with Crippen molar-refractivity contribution in [2.24, 2.45) is 0 Å². The Kier molecular flexibility index (Phi) is 2.68. The van der Waals surface area contributed by atoms with Crippen LogP contribution in [0.15, 0.2) is 0 Å². The molecule has 0 atom stereocenters. The van der Waals surface area contributed by atoms with Crippen LogP contribution in [0, 0.1) is 0 Å². The molecule has 13 heavy (non-hydrogen) atoms. The lowest BCUT2D eigenvalue weighted by Crippen LogP contribution is -2.44. The number of carbonyl (C=O) groups is 2. The third-order valence-electron chi connectivity index (χ3n) is 2.10. The van der Waals surface area contributed by atoms with E-state index in [0.29, 0.717) is 12.8 Å². The van der Waals surface area contributed by atoms with Crippen molar-refractivity contribution >= 4 is 22.0 Å². The Hall–Kier alpha value is -0.550. The van der Waals surface area contributed by atoms with Crippen molar-refractivity contribution in [1.82, 2.24) is 9.42 Å². The molecule has 0 N–H and O–H groups in total. The fraction of sp³-hybridized carbons (Fsp3) is 0.750. The maximum Gasteiger partial charge on any atom is 0.245 e. The van der Waals surface area contributed by atoms with E-state index in [-0.39, 0.29) is 11.8 Å². The standard InChI is InChI=1S/C8H16N2O2S/c1-9(13(2,3)4)10-7(11)5-6-8(10)12/h5-6H2,1-4H3. The predicted octanol–water partition coefficient (Wildman–Crippen LogP) is 0.591. The Balaban J connectivity index is 2.82. The number of hydrogen-bond donors (Lipinski definition) is 0. The van der Waals surface area contributed by atoms with Crippen molar-refractivity contribution in [3.05, 3.63) is 0 Å². The first-order valence-electron chi connectivity index (χ1n) is 4.12. The van der Waals surface area contributed by atoms with Gasteiger partial charge in [-0.25, -0.2) is 5.01 Å². The maximum absolute atomic E-state index is 11.3. The SMILES string of the molecule is CN(N1C(=O)CCC1=O)S(C)(C)C. The number of hydrogen-bond acceptors (Lipinski definition) is 3. The normalized spacial score (nSPS) is 20.2. The van der Waals surface area contributed by atoms with E-state index in [0.717, 1.165) is 0 Å². The fourth-order valence-corrected chi connectivity index (χ4v) is 1.80. The van der Waals surface area contributed by atoms with Crippen molar-refractivity contribution in [2.45, 2.75) is 12.8 Å². The zero-order chi connectivity index (χ0) is 10.2. The molecule has 2 amide bonds. The van der Waals surface area contributed by atoms with Crippen molar-refractivity contribution in [2.75, 3.05) is 25.8 Å². The molecule has 0 aromatic heterocycles. The van der Waals surface area contributed by atoms with Crippen LogP contribution < -0.4 is 0 Å². The minimum Gasteiger partial charge on any atom is -0.273 e. The second-order valence-electron chi connectivity index (χ2n) is 3.84. The molecule has 1 fully saturated rings. The largest absolute Gasteiger partial charge is 0.273 e. The summed E-state index contributed by atoms with van der Waals surface area (Å²) in [6, 6.07) is 0. The number of imide groups is 1. The van der Waals surface area contributed by atoms with Crippen LogP contribution in [0.4, 0.5) is 0 Å². The smallest absolute Gasteiger partial charge is 0.245 e. The molecule has 4 nitrogen and oxygen atoms in total. The van der Waals surface area contributed by atoms with E-state index in [4.69, 9.17) is 0 Å². The zero-order valence-electron chi connectivity index (χ0n) is 8.53. The van der Waals surface area contributed by atoms with Gasteiger partial charge in [-0.3, -0.25) is 9.59 Å². The number of amides is 2. The van der Waals surface area contributed by atoms with Crippen LogP contribution in [0.3, 0.4) is 0 Å². The number of carbonyl (C=O) groups excluding carboxylic acids is 2. The van der Waals surface area contributed by atoms with E-state index in [1.807, 2.05) is 18.8 Å². The van der Waals surface area contributed by atoms with Gasteiger partial charge in [-0.1, -0.05) is 0 Å². The third kappa shape index (κ3) is 2.03. The summed E-state index contributed by atoms with van der Waals surface area (Å²) in [5.74, 6) is -0.148. The molecule has 1 rings (SSSR count). The van der Waals surface area contributed by atoms with Crippen LogP contribution >= 0.6 is 10.2 Å². The van der Waals surface area contributed by atoms with Gasteiger partial charge in [0.15, 0.2) is 0 Å². The molecule has 0 unspecified atom stereocenters. The predicted molar refractivity (Wildman–Crippen MR) is 54.2 cm³/mol. The summed E-state index contributed by atoms with van der Waals surface area (Å²) >= 11 is 0. The molecule has 5 heteroatoms. The molecule has 0 saturated carbocycles.